The fourth-order valence-electron chi connectivity index (χ4n) is 5.64. The molecule has 0 heteroatoms. The summed E-state index contributed by atoms with van der Waals surface area (Å²) in [6, 6.07) is 0. The summed E-state index contributed by atoms with van der Waals surface area (Å²) < 4.78 is 0. The van der Waals surface area contributed by atoms with Crippen LogP contribution in [0.3, 0.4) is 0 Å². The second kappa shape index (κ2) is 2.77. The molecule has 14 heavy (non-hydrogen) atoms. The molecule has 0 aliphatic heterocycles. The second-order valence-corrected chi connectivity index (χ2v) is 6.68. The number of hydrogen-bond donors (Lipinski definition) is 0. The van der Waals surface area contributed by atoms with Gasteiger partial charge in [-0.15, -0.1) is 0 Å². The predicted octanol–water partition coefficient (Wildman–Crippen LogP) is 3.86. The van der Waals surface area contributed by atoms with E-state index in [4.69, 9.17) is 0 Å². The molecule has 0 aromatic carbocycles. The molecule has 4 bridgehead atoms. The average Bonchev–Trinajstić information content (AvgIpc) is 2.96. The third-order valence-corrected chi connectivity index (χ3v) is 6.14. The maximum atomic E-state index is 1.64. The van der Waals surface area contributed by atoms with E-state index in [-0.39, 0.29) is 0 Å². The Kier molecular flexibility index (Phi) is 1.62. The molecule has 0 aromatic heterocycles. The first kappa shape index (κ1) is 8.19. The SMILES string of the molecule is C1CC2CC1CC2C1CC2CCC1C2. The molecule has 78 valence electrons. The molecule has 0 radical (unpaired) electrons. The monoisotopic (exact) mass is 190 g/mol. The first-order chi connectivity index (χ1) is 6.90. The largest absolute Gasteiger partial charge is 0.0502 e. The summed E-state index contributed by atoms with van der Waals surface area (Å²) in [5.41, 5.74) is 0. The minimum Gasteiger partial charge on any atom is -0.0502 e. The van der Waals surface area contributed by atoms with E-state index in [2.05, 4.69) is 0 Å². The Morgan fingerprint density at radius 1 is 0.500 bits per heavy atom. The van der Waals surface area contributed by atoms with Crippen molar-refractivity contribution in [1.82, 2.24) is 0 Å². The van der Waals surface area contributed by atoms with Crippen molar-refractivity contribution in [3.05, 3.63) is 0 Å². The van der Waals surface area contributed by atoms with Crippen LogP contribution in [0.15, 0.2) is 0 Å². The van der Waals surface area contributed by atoms with Gasteiger partial charge in [-0.2, -0.15) is 0 Å². The van der Waals surface area contributed by atoms with E-state index >= 15 is 0 Å². The molecule has 4 rings (SSSR count). The second-order valence-electron chi connectivity index (χ2n) is 6.68. The molecule has 0 nitrogen and oxygen atoms in total. The summed E-state index contributed by atoms with van der Waals surface area (Å²) in [4.78, 5) is 0. The Morgan fingerprint density at radius 2 is 1.00 bits per heavy atom. The van der Waals surface area contributed by atoms with Gasteiger partial charge in [-0.3, -0.25) is 0 Å². The lowest BCUT2D eigenvalue weighted by Crippen LogP contribution is -2.25. The van der Waals surface area contributed by atoms with E-state index in [1.54, 1.807) is 51.4 Å². The fraction of sp³-hybridized carbons (Fsp3) is 1.00. The minimum absolute atomic E-state index is 1.17. The minimum atomic E-state index is 1.17. The van der Waals surface area contributed by atoms with Crippen LogP contribution < -0.4 is 0 Å². The van der Waals surface area contributed by atoms with Crippen molar-refractivity contribution >= 4 is 0 Å². The molecular formula is C14H22. The van der Waals surface area contributed by atoms with Crippen molar-refractivity contribution in [3.63, 3.8) is 0 Å². The maximum absolute atomic E-state index is 1.64. The van der Waals surface area contributed by atoms with Gasteiger partial charge in [0.05, 0.1) is 0 Å². The summed E-state index contributed by atoms with van der Waals surface area (Å²) in [5.74, 6) is 7.11. The highest BCUT2D eigenvalue weighted by Crippen LogP contribution is 2.59. The summed E-state index contributed by atoms with van der Waals surface area (Å²) in [5, 5.41) is 0. The molecular weight excluding hydrogens is 168 g/mol. The van der Waals surface area contributed by atoms with Crippen LogP contribution in [-0.4, -0.2) is 0 Å². The predicted molar refractivity (Wildman–Crippen MR) is 57.9 cm³/mol. The quantitative estimate of drug-likeness (QED) is 0.589. The van der Waals surface area contributed by atoms with E-state index in [0.717, 1.165) is 0 Å². The molecule has 4 fully saturated rings. The molecule has 0 heterocycles. The van der Waals surface area contributed by atoms with Crippen LogP contribution in [0.4, 0.5) is 0 Å². The Bertz CT molecular complexity index is 218. The van der Waals surface area contributed by atoms with Gasteiger partial charge < -0.3 is 0 Å². The van der Waals surface area contributed by atoms with Crippen molar-refractivity contribution in [1.29, 1.82) is 0 Å². The van der Waals surface area contributed by atoms with Crippen LogP contribution in [0.1, 0.15) is 51.4 Å². The zero-order valence-electron chi connectivity index (χ0n) is 9.12. The lowest BCUT2D eigenvalue weighted by atomic mass is 9.72. The summed E-state index contributed by atoms with van der Waals surface area (Å²) in [6.07, 6.45) is 12.9. The van der Waals surface area contributed by atoms with Gasteiger partial charge in [0, 0.05) is 0 Å². The van der Waals surface area contributed by atoms with E-state index in [1.165, 1.54) is 35.5 Å². The Balaban J connectivity index is 1.54. The van der Waals surface area contributed by atoms with Gasteiger partial charge in [0.25, 0.3) is 0 Å². The smallest absolute Gasteiger partial charge is 0.0352 e. The van der Waals surface area contributed by atoms with Crippen LogP contribution in [0.25, 0.3) is 0 Å². The zero-order chi connectivity index (χ0) is 9.12. The summed E-state index contributed by atoms with van der Waals surface area (Å²) in [7, 11) is 0. The fourth-order valence-corrected chi connectivity index (χ4v) is 5.64. The van der Waals surface area contributed by atoms with Gasteiger partial charge in [0.1, 0.15) is 0 Å². The van der Waals surface area contributed by atoms with E-state index in [1.807, 2.05) is 0 Å². The first-order valence-electron chi connectivity index (χ1n) is 6.90. The van der Waals surface area contributed by atoms with Crippen molar-refractivity contribution < 1.29 is 0 Å². The summed E-state index contributed by atoms with van der Waals surface area (Å²) >= 11 is 0. The molecule has 0 aromatic rings. The first-order valence-corrected chi connectivity index (χ1v) is 6.90. The van der Waals surface area contributed by atoms with Gasteiger partial charge in [-0.1, -0.05) is 12.8 Å². The highest BCUT2D eigenvalue weighted by atomic mass is 14.5. The lowest BCUT2D eigenvalue weighted by Gasteiger charge is -2.33. The molecule has 6 unspecified atom stereocenters. The van der Waals surface area contributed by atoms with Crippen molar-refractivity contribution in [3.8, 4) is 0 Å². The molecule has 4 aliphatic rings. The van der Waals surface area contributed by atoms with Crippen LogP contribution in [-0.2, 0) is 0 Å². The van der Waals surface area contributed by atoms with Gasteiger partial charge in [0.2, 0.25) is 0 Å². The molecule has 0 N–H and O–H groups in total. The number of hydrogen-bond acceptors (Lipinski definition) is 0. The summed E-state index contributed by atoms with van der Waals surface area (Å²) in [6.45, 7) is 0. The van der Waals surface area contributed by atoms with Gasteiger partial charge in [0.15, 0.2) is 0 Å². The van der Waals surface area contributed by atoms with Gasteiger partial charge >= 0.3 is 0 Å². The Hall–Kier alpha value is 0. The highest BCUT2D eigenvalue weighted by molar-refractivity contribution is 4.99. The standard InChI is InChI=1S/C14H22/c1-3-11-5-9(1)7-13(11)14-8-10-2-4-12(14)6-10/h9-14H,1-8H2. The highest BCUT2D eigenvalue weighted by Gasteiger charge is 2.49. The van der Waals surface area contributed by atoms with Crippen LogP contribution in [0.5, 0.6) is 0 Å². The molecule has 4 aliphatic carbocycles. The molecule has 6 atom stereocenters. The lowest BCUT2D eigenvalue weighted by molar-refractivity contribution is 0.164. The van der Waals surface area contributed by atoms with Gasteiger partial charge in [-0.05, 0) is 74.0 Å². The van der Waals surface area contributed by atoms with Crippen molar-refractivity contribution in [2.45, 2.75) is 51.4 Å². The van der Waals surface area contributed by atoms with Crippen molar-refractivity contribution in [2.24, 2.45) is 35.5 Å². The average molecular weight is 190 g/mol. The Labute approximate surface area is 87.5 Å². The zero-order valence-corrected chi connectivity index (χ0v) is 9.12. The third kappa shape index (κ3) is 1.01. The molecule has 0 spiro atoms. The Morgan fingerprint density at radius 3 is 1.29 bits per heavy atom. The topological polar surface area (TPSA) is 0 Å². The van der Waals surface area contributed by atoms with Gasteiger partial charge in [-0.25, -0.2) is 0 Å². The molecule has 0 amide bonds. The maximum Gasteiger partial charge on any atom is -0.0352 e. The van der Waals surface area contributed by atoms with Crippen LogP contribution in [0, 0.1) is 35.5 Å². The van der Waals surface area contributed by atoms with E-state index in [9.17, 15) is 0 Å². The van der Waals surface area contributed by atoms with Crippen LogP contribution in [0.2, 0.25) is 0 Å². The van der Waals surface area contributed by atoms with E-state index < -0.39 is 0 Å². The third-order valence-electron chi connectivity index (χ3n) is 6.14. The molecule has 0 saturated heterocycles. The van der Waals surface area contributed by atoms with E-state index in [0.29, 0.717) is 0 Å². The number of rotatable bonds is 1. The van der Waals surface area contributed by atoms with Crippen molar-refractivity contribution in [2.75, 3.05) is 0 Å². The number of fused-ring (bicyclic) bond motifs is 4. The normalized spacial score (nSPS) is 60.0. The molecule has 4 saturated carbocycles. The van der Waals surface area contributed by atoms with Crippen LogP contribution >= 0.6 is 0 Å².